The molecule has 11 nitrogen and oxygen atoms in total. The van der Waals surface area contributed by atoms with Crippen LogP contribution in [0.4, 0.5) is 11.4 Å². The molecule has 0 saturated heterocycles. The Morgan fingerprint density at radius 2 is 1.35 bits per heavy atom. The fourth-order valence-electron chi connectivity index (χ4n) is 3.89. The summed E-state index contributed by atoms with van der Waals surface area (Å²) >= 11 is 0. The van der Waals surface area contributed by atoms with Crippen LogP contribution >= 0.6 is 0 Å². The number of pyridine rings is 1. The van der Waals surface area contributed by atoms with Crippen molar-refractivity contribution < 1.29 is 33.3 Å². The lowest BCUT2D eigenvalue weighted by atomic mass is 10.0. The highest BCUT2D eigenvalue weighted by Crippen LogP contribution is 2.35. The Morgan fingerprint density at radius 1 is 0.757 bits per heavy atom. The molecule has 0 saturated carbocycles. The van der Waals surface area contributed by atoms with E-state index in [2.05, 4.69) is 20.9 Å². The number of fused-ring (bicyclic) bond motifs is 2. The number of nitrogens with one attached hydrogen (secondary N) is 3. The summed E-state index contributed by atoms with van der Waals surface area (Å²) in [5.74, 6) is 0.421. The zero-order valence-corrected chi connectivity index (χ0v) is 20.1. The summed E-state index contributed by atoms with van der Waals surface area (Å²) in [6, 6.07) is 10.6. The first-order valence-electron chi connectivity index (χ1n) is 11.6. The molecule has 0 aliphatic carbocycles. The smallest absolute Gasteiger partial charge is 0.256 e. The fraction of sp³-hybridized carbons (Fsp3) is 0.231. The van der Waals surface area contributed by atoms with Crippen molar-refractivity contribution in [1.29, 1.82) is 0 Å². The first kappa shape index (κ1) is 23.9. The summed E-state index contributed by atoms with van der Waals surface area (Å²) < 4.78 is 21.3. The number of aromatic nitrogens is 1. The molecule has 2 aromatic carbocycles. The van der Waals surface area contributed by atoms with Gasteiger partial charge in [-0.15, -0.1) is 0 Å². The van der Waals surface area contributed by atoms with Crippen LogP contribution in [0.15, 0.2) is 54.9 Å². The van der Waals surface area contributed by atoms with Gasteiger partial charge in [-0.3, -0.25) is 19.4 Å². The van der Waals surface area contributed by atoms with Gasteiger partial charge >= 0.3 is 0 Å². The van der Waals surface area contributed by atoms with Crippen molar-refractivity contribution in [2.45, 2.75) is 19.9 Å². The summed E-state index contributed by atoms with van der Waals surface area (Å²) in [5, 5.41) is 8.28. The molecule has 190 valence electrons. The highest BCUT2D eigenvalue weighted by molar-refractivity contribution is 6.12. The lowest BCUT2D eigenvalue weighted by Crippen LogP contribution is -2.47. The van der Waals surface area contributed by atoms with Crippen molar-refractivity contribution in [1.82, 2.24) is 10.3 Å². The molecule has 0 fully saturated rings. The van der Waals surface area contributed by atoms with Crippen molar-refractivity contribution in [3.8, 4) is 23.0 Å². The Morgan fingerprint density at radius 3 is 1.97 bits per heavy atom. The Balaban J connectivity index is 1.30. The average Bonchev–Trinajstić information content (AvgIpc) is 3.55. The SMILES string of the molecule is CC(C)[C@H](NC(=O)c1cnccc1C(=O)Nc1ccc2c(c1)OCO2)C(=O)Nc1ccc2c(c1)OCO2. The number of hydrogen-bond acceptors (Lipinski definition) is 8. The first-order chi connectivity index (χ1) is 17.9. The molecule has 2 aliphatic heterocycles. The number of nitrogens with zero attached hydrogens (tertiary/aromatic N) is 1. The molecule has 0 radical (unpaired) electrons. The number of amides is 3. The van der Waals surface area contributed by atoms with Gasteiger partial charge in [0.2, 0.25) is 19.5 Å². The Labute approximate surface area is 212 Å². The van der Waals surface area contributed by atoms with E-state index < -0.39 is 23.8 Å². The molecule has 0 bridgehead atoms. The zero-order valence-electron chi connectivity index (χ0n) is 20.1. The van der Waals surface area contributed by atoms with Gasteiger partial charge in [-0.2, -0.15) is 0 Å². The van der Waals surface area contributed by atoms with Crippen LogP contribution in [0.25, 0.3) is 0 Å². The summed E-state index contributed by atoms with van der Waals surface area (Å²) in [4.78, 5) is 43.3. The van der Waals surface area contributed by atoms with Crippen LogP contribution < -0.4 is 34.9 Å². The van der Waals surface area contributed by atoms with Gasteiger partial charge in [0, 0.05) is 35.9 Å². The number of hydrogen-bond donors (Lipinski definition) is 3. The maximum Gasteiger partial charge on any atom is 0.256 e. The molecule has 0 spiro atoms. The molecule has 1 aromatic heterocycles. The standard InChI is InChI=1S/C26H24N4O7/c1-14(2)23(26(33)29-16-4-6-20-22(10-16)37-13-35-20)30-25(32)18-11-27-8-7-17(18)24(31)28-15-3-5-19-21(9-15)36-12-34-19/h3-11,14,23H,12-13H2,1-2H3,(H,28,31)(H,29,33)(H,30,32)/t23-/m0/s1. The van der Waals surface area contributed by atoms with Gasteiger partial charge in [-0.25, -0.2) is 0 Å². The quantitative estimate of drug-likeness (QED) is 0.446. The lowest BCUT2D eigenvalue weighted by Gasteiger charge is -2.22. The van der Waals surface area contributed by atoms with Gasteiger partial charge in [0.05, 0.1) is 11.1 Å². The highest BCUT2D eigenvalue weighted by atomic mass is 16.7. The first-order valence-corrected chi connectivity index (χ1v) is 11.6. The third-order valence-corrected chi connectivity index (χ3v) is 5.82. The minimum Gasteiger partial charge on any atom is -0.454 e. The molecule has 3 N–H and O–H groups in total. The van der Waals surface area contributed by atoms with Crippen LogP contribution in [0.2, 0.25) is 0 Å². The second-order valence-electron chi connectivity index (χ2n) is 8.70. The van der Waals surface area contributed by atoms with Gasteiger partial charge in [-0.1, -0.05) is 13.8 Å². The van der Waals surface area contributed by atoms with Crippen molar-refractivity contribution in [2.24, 2.45) is 5.92 Å². The van der Waals surface area contributed by atoms with E-state index in [-0.39, 0.29) is 30.6 Å². The van der Waals surface area contributed by atoms with E-state index in [1.165, 1.54) is 18.5 Å². The van der Waals surface area contributed by atoms with Gasteiger partial charge in [0.25, 0.3) is 11.8 Å². The monoisotopic (exact) mass is 504 g/mol. The van der Waals surface area contributed by atoms with Gasteiger partial charge in [-0.05, 0) is 36.2 Å². The van der Waals surface area contributed by atoms with E-state index in [9.17, 15) is 14.4 Å². The molecule has 37 heavy (non-hydrogen) atoms. The molecule has 3 aromatic rings. The van der Waals surface area contributed by atoms with Crippen LogP contribution in [0.1, 0.15) is 34.6 Å². The maximum atomic E-state index is 13.2. The van der Waals surface area contributed by atoms with E-state index in [4.69, 9.17) is 18.9 Å². The molecule has 5 rings (SSSR count). The van der Waals surface area contributed by atoms with E-state index >= 15 is 0 Å². The number of rotatable bonds is 7. The Bertz CT molecular complexity index is 1370. The molecule has 2 aliphatic rings. The van der Waals surface area contributed by atoms with Gasteiger partial charge < -0.3 is 34.9 Å². The van der Waals surface area contributed by atoms with Crippen molar-refractivity contribution in [2.75, 3.05) is 24.2 Å². The molecule has 3 heterocycles. The third-order valence-electron chi connectivity index (χ3n) is 5.82. The van der Waals surface area contributed by atoms with Crippen LogP contribution in [-0.2, 0) is 4.79 Å². The summed E-state index contributed by atoms with van der Waals surface area (Å²) in [5.41, 5.74) is 1.10. The van der Waals surface area contributed by atoms with Crippen molar-refractivity contribution in [3.63, 3.8) is 0 Å². The summed E-state index contributed by atoms with van der Waals surface area (Å²) in [6.07, 6.45) is 2.70. The number of ether oxygens (including phenoxy) is 4. The van der Waals surface area contributed by atoms with Crippen LogP contribution in [-0.4, -0.2) is 42.3 Å². The average molecular weight is 504 g/mol. The predicted octanol–water partition coefficient (Wildman–Crippen LogP) is 3.18. The Hall–Kier alpha value is -4.80. The van der Waals surface area contributed by atoms with Crippen molar-refractivity contribution >= 4 is 29.1 Å². The van der Waals surface area contributed by atoms with E-state index in [1.54, 1.807) is 50.2 Å². The maximum absolute atomic E-state index is 13.2. The molecular formula is C26H24N4O7. The summed E-state index contributed by atoms with van der Waals surface area (Å²) in [6.45, 7) is 3.84. The molecular weight excluding hydrogens is 480 g/mol. The minimum absolute atomic E-state index is 0.0299. The molecule has 11 heteroatoms. The molecule has 1 atom stereocenters. The Kier molecular flexibility index (Phi) is 6.50. The zero-order chi connectivity index (χ0) is 25.9. The highest BCUT2D eigenvalue weighted by Gasteiger charge is 2.27. The molecule has 3 amide bonds. The van der Waals surface area contributed by atoms with E-state index in [0.717, 1.165) is 0 Å². The number of carbonyl (C=O) groups is 3. The second-order valence-corrected chi connectivity index (χ2v) is 8.70. The van der Waals surface area contributed by atoms with Gasteiger partial charge in [0.1, 0.15) is 6.04 Å². The van der Waals surface area contributed by atoms with Crippen LogP contribution in [0, 0.1) is 5.92 Å². The third kappa shape index (κ3) is 5.10. The molecule has 0 unspecified atom stereocenters. The van der Waals surface area contributed by atoms with E-state index in [1.807, 2.05) is 0 Å². The second kappa shape index (κ2) is 10.1. The number of benzene rings is 2. The number of anilines is 2. The topological polar surface area (TPSA) is 137 Å². The van der Waals surface area contributed by atoms with Gasteiger partial charge in [0.15, 0.2) is 23.0 Å². The van der Waals surface area contributed by atoms with E-state index in [0.29, 0.717) is 34.4 Å². The lowest BCUT2D eigenvalue weighted by molar-refractivity contribution is -0.118. The minimum atomic E-state index is -0.886. The number of carbonyl (C=O) groups excluding carboxylic acids is 3. The van der Waals surface area contributed by atoms with Crippen LogP contribution in [0.5, 0.6) is 23.0 Å². The normalized spacial score (nSPS) is 13.7. The van der Waals surface area contributed by atoms with Crippen molar-refractivity contribution in [3.05, 3.63) is 66.0 Å². The fourth-order valence-corrected chi connectivity index (χ4v) is 3.89. The predicted molar refractivity (Wildman–Crippen MR) is 132 cm³/mol. The summed E-state index contributed by atoms with van der Waals surface area (Å²) in [7, 11) is 0. The largest absolute Gasteiger partial charge is 0.454 e. The van der Waals surface area contributed by atoms with Crippen LogP contribution in [0.3, 0.4) is 0 Å².